The lowest BCUT2D eigenvalue weighted by Gasteiger charge is -2.18. The van der Waals surface area contributed by atoms with Crippen LogP contribution in [0.4, 0.5) is 0 Å². The van der Waals surface area contributed by atoms with Gasteiger partial charge in [0.15, 0.2) is 0 Å². The summed E-state index contributed by atoms with van der Waals surface area (Å²) in [5.74, 6) is 0. The van der Waals surface area contributed by atoms with Gasteiger partial charge in [0.25, 0.3) is 0 Å². The van der Waals surface area contributed by atoms with E-state index in [4.69, 9.17) is 23.2 Å². The van der Waals surface area contributed by atoms with E-state index < -0.39 is 95.1 Å². The van der Waals surface area contributed by atoms with E-state index in [0.29, 0.717) is 0 Å². The molecule has 0 unspecified atom stereocenters. The Hall–Kier alpha value is -2.41. The summed E-state index contributed by atoms with van der Waals surface area (Å²) in [7, 11) is 0. The zero-order chi connectivity index (χ0) is 28.9. The fourth-order valence-corrected chi connectivity index (χ4v) is 1.83. The molecule has 0 spiro atoms. The second kappa shape index (κ2) is 7.92. The monoisotopic (exact) mass is 330 g/mol. The molecule has 0 saturated carbocycles. The molecule has 0 saturated heterocycles. The van der Waals surface area contributed by atoms with Crippen LogP contribution >= 0.6 is 0 Å². The number of nitrogens with one attached hydrogen (secondary N) is 1. The molecule has 0 amide bonds. The second-order valence-corrected chi connectivity index (χ2v) is 6.08. The molecular formula is C23H27N. The van der Waals surface area contributed by atoms with E-state index in [-0.39, 0.29) is 11.1 Å². The number of rotatable bonds is 5. The number of benzene rings is 2. The van der Waals surface area contributed by atoms with Crippen molar-refractivity contribution in [3.8, 4) is 0 Å². The molecule has 0 aliphatic carbocycles. The lowest BCUT2D eigenvalue weighted by atomic mass is 9.87. The van der Waals surface area contributed by atoms with Gasteiger partial charge in [0.1, 0.15) is 0 Å². The third kappa shape index (κ3) is 5.34. The van der Waals surface area contributed by atoms with Crippen LogP contribution in [-0.4, -0.2) is 6.19 Å². The Morgan fingerprint density at radius 1 is 1.12 bits per heavy atom. The van der Waals surface area contributed by atoms with Crippen molar-refractivity contribution < 1.29 is 17.8 Å². The summed E-state index contributed by atoms with van der Waals surface area (Å²) >= 11 is 0. The predicted molar refractivity (Wildman–Crippen MR) is 106 cm³/mol. The molecule has 0 fully saturated rings. The molecule has 0 aromatic heterocycles. The van der Waals surface area contributed by atoms with E-state index in [0.717, 1.165) is 6.07 Å². The van der Waals surface area contributed by atoms with Crippen LogP contribution in [0.15, 0.2) is 66.5 Å². The molecule has 0 heterocycles. The molecule has 1 heteroatoms. The van der Waals surface area contributed by atoms with E-state index in [1.807, 2.05) is 0 Å². The second-order valence-electron chi connectivity index (χ2n) is 6.08. The van der Waals surface area contributed by atoms with Crippen LogP contribution in [0, 0.1) is 10.8 Å². The van der Waals surface area contributed by atoms with Gasteiger partial charge in [0, 0.05) is 8.93 Å². The zero-order valence-electron chi connectivity index (χ0n) is 27.1. The molecule has 2 rings (SSSR count). The first-order valence-corrected chi connectivity index (χ1v) is 7.33. The Morgan fingerprint density at radius 2 is 1.83 bits per heavy atom. The van der Waals surface area contributed by atoms with Gasteiger partial charge in [0.05, 0.1) is 15.1 Å². The Balaban J connectivity index is 3.08. The number of allylic oxidation sites excluding steroid dienone is 4. The van der Waals surface area contributed by atoms with Crippen molar-refractivity contribution in [3.63, 3.8) is 0 Å². The van der Waals surface area contributed by atoms with Crippen LogP contribution in [0.5, 0.6) is 0 Å². The summed E-state index contributed by atoms with van der Waals surface area (Å²) in [6.07, 6.45) is -3.39. The van der Waals surface area contributed by atoms with Crippen molar-refractivity contribution >= 4 is 17.3 Å². The average molecular weight is 331 g/mol. The van der Waals surface area contributed by atoms with E-state index in [9.17, 15) is 0 Å². The van der Waals surface area contributed by atoms with Crippen molar-refractivity contribution in [2.45, 2.75) is 34.1 Å². The van der Waals surface area contributed by atoms with Crippen molar-refractivity contribution in [2.24, 2.45) is 5.41 Å². The first-order valence-electron chi connectivity index (χ1n) is 13.8. The zero-order valence-corrected chi connectivity index (χ0v) is 14.1. The minimum Gasteiger partial charge on any atom is -0.309 e. The normalized spacial score (nSPS) is 22.1. The predicted octanol–water partition coefficient (Wildman–Crippen LogP) is 6.41. The smallest absolute Gasteiger partial charge is 0.0832 e. The summed E-state index contributed by atoms with van der Waals surface area (Å²) in [6.45, 7) is 5.92. The van der Waals surface area contributed by atoms with E-state index >= 15 is 0 Å². The summed E-state index contributed by atoms with van der Waals surface area (Å²) in [5, 5.41) is 7.65. The van der Waals surface area contributed by atoms with Crippen LogP contribution in [-0.2, 0) is 6.37 Å². The SMILES string of the molecule is [2H]C(=N)/C([2H])=C(\C([2H])=C(/C)c1cc([2H])c([2H])c([2H])c1[2H])c1c([2H])c([2H])c(C([2H])([2H])C(C)(C)C)c([2H])c1[2H]. The number of hydrogen-bond donors (Lipinski definition) is 1. The van der Waals surface area contributed by atoms with Gasteiger partial charge in [0.2, 0.25) is 0 Å². The number of hydrogen-bond acceptors (Lipinski definition) is 1. The Kier molecular flexibility index (Phi) is 2.38. The van der Waals surface area contributed by atoms with Gasteiger partial charge in [-0.1, -0.05) is 81.2 Å². The molecule has 1 N–H and O–H groups in total. The molecule has 0 aliphatic rings. The lowest BCUT2D eigenvalue weighted by Crippen LogP contribution is -2.08. The first kappa shape index (κ1) is 7.23. The van der Waals surface area contributed by atoms with Gasteiger partial charge >= 0.3 is 0 Å². The van der Waals surface area contributed by atoms with E-state index in [1.165, 1.54) is 27.7 Å². The summed E-state index contributed by atoms with van der Waals surface area (Å²) in [4.78, 5) is 0. The van der Waals surface area contributed by atoms with Crippen molar-refractivity contribution in [1.29, 1.82) is 5.41 Å². The molecular weight excluding hydrogens is 290 g/mol. The molecule has 0 bridgehead atoms. The molecule has 0 radical (unpaired) electrons. The van der Waals surface area contributed by atoms with E-state index in [1.54, 1.807) is 0 Å². The molecule has 2 aromatic rings. The fraction of sp³-hybridized carbons (Fsp3) is 0.261. The Morgan fingerprint density at radius 3 is 2.46 bits per heavy atom. The minimum atomic E-state index is -2.30. The van der Waals surface area contributed by atoms with Crippen LogP contribution < -0.4 is 0 Å². The maximum Gasteiger partial charge on any atom is 0.0832 e. The first-order chi connectivity index (χ1) is 16.7. The van der Waals surface area contributed by atoms with Gasteiger partial charge in [-0.15, -0.1) is 0 Å². The highest BCUT2D eigenvalue weighted by Gasteiger charge is 2.11. The van der Waals surface area contributed by atoms with Crippen LogP contribution in [0.1, 0.15) is 62.2 Å². The highest BCUT2D eigenvalue weighted by molar-refractivity contribution is 5.91. The standard InChI is InChI=1S/C23H27N/c1-18(20-8-6-5-7-9-20)16-22(14-15-24)21-12-10-19(11-13-21)17-23(2,3)4/h5-16,24H,17H2,1-4H3/b18-16+,22-14+,24-15?/i5D,6D,7D,8D,10D,11D,12D,13D,14D,15D,16D,17D2. The van der Waals surface area contributed by atoms with Crippen LogP contribution in [0.2, 0.25) is 0 Å². The van der Waals surface area contributed by atoms with Gasteiger partial charge in [-0.05, 0) is 52.6 Å². The van der Waals surface area contributed by atoms with Crippen molar-refractivity contribution in [1.82, 2.24) is 0 Å². The summed E-state index contributed by atoms with van der Waals surface area (Å²) in [5.41, 5.74) is -3.06. The third-order valence-electron chi connectivity index (χ3n) is 2.83. The van der Waals surface area contributed by atoms with Gasteiger partial charge in [-0.25, -0.2) is 0 Å². The molecule has 1 nitrogen and oxygen atoms in total. The maximum absolute atomic E-state index is 8.74. The average Bonchev–Trinajstić information content (AvgIpc) is 2.79. The van der Waals surface area contributed by atoms with Gasteiger partial charge in [-0.2, -0.15) is 0 Å². The largest absolute Gasteiger partial charge is 0.309 e. The highest BCUT2D eigenvalue weighted by atomic mass is 14.3. The highest BCUT2D eigenvalue weighted by Crippen LogP contribution is 2.25. The molecule has 0 aliphatic heterocycles. The third-order valence-corrected chi connectivity index (χ3v) is 2.83. The quantitative estimate of drug-likeness (QED) is 0.483. The molecule has 24 heavy (non-hydrogen) atoms. The summed E-state index contributed by atoms with van der Waals surface area (Å²) in [6, 6.07) is -5.41. The van der Waals surface area contributed by atoms with Crippen molar-refractivity contribution in [3.05, 3.63) is 83.2 Å². The molecule has 0 atom stereocenters. The lowest BCUT2D eigenvalue weighted by molar-refractivity contribution is 0.411. The minimum absolute atomic E-state index is 0.112. The maximum atomic E-state index is 8.74. The Bertz CT molecular complexity index is 1340. The van der Waals surface area contributed by atoms with Crippen LogP contribution in [0.3, 0.4) is 0 Å². The Labute approximate surface area is 164 Å². The summed E-state index contributed by atoms with van der Waals surface area (Å²) < 4.78 is 107. The molecule has 2 aromatic carbocycles. The van der Waals surface area contributed by atoms with E-state index in [2.05, 4.69) is 0 Å². The molecule has 124 valence electrons. The van der Waals surface area contributed by atoms with Gasteiger partial charge in [-0.3, -0.25) is 0 Å². The van der Waals surface area contributed by atoms with Crippen LogP contribution in [0.25, 0.3) is 11.1 Å². The van der Waals surface area contributed by atoms with Crippen molar-refractivity contribution in [2.75, 3.05) is 0 Å². The fourth-order valence-electron chi connectivity index (χ4n) is 1.83. The van der Waals surface area contributed by atoms with Gasteiger partial charge < -0.3 is 5.41 Å². The topological polar surface area (TPSA) is 23.9 Å².